The van der Waals surface area contributed by atoms with Crippen molar-refractivity contribution in [2.75, 3.05) is 24.2 Å². The fourth-order valence-electron chi connectivity index (χ4n) is 6.57. The Kier molecular flexibility index (Phi) is 8.48. The van der Waals surface area contributed by atoms with Gasteiger partial charge in [-0.05, 0) is 68.4 Å². The van der Waals surface area contributed by atoms with Crippen LogP contribution in [0.3, 0.4) is 0 Å². The number of fused-ring (bicyclic) bond motifs is 2. The van der Waals surface area contributed by atoms with Gasteiger partial charge in [-0.25, -0.2) is 26.0 Å². The van der Waals surface area contributed by atoms with E-state index in [1.165, 1.54) is 40.7 Å². The fraction of sp³-hybridized carbons (Fsp3) is 0.552. The number of carbonyl (C=O) groups excluding carboxylic acids is 1. The summed E-state index contributed by atoms with van der Waals surface area (Å²) in [5.74, 6) is -4.51. The van der Waals surface area contributed by atoms with E-state index in [-0.39, 0.29) is 48.3 Å². The van der Waals surface area contributed by atoms with E-state index in [0.717, 1.165) is 6.42 Å². The van der Waals surface area contributed by atoms with E-state index in [1.807, 2.05) is 0 Å². The second-order valence-electron chi connectivity index (χ2n) is 11.6. The Balaban J connectivity index is 1.35. The van der Waals surface area contributed by atoms with Crippen molar-refractivity contribution < 1.29 is 30.8 Å². The number of anilines is 1. The van der Waals surface area contributed by atoms with E-state index >= 15 is 4.39 Å². The number of piperazine rings is 1. The molecule has 7 nitrogen and oxygen atoms in total. The van der Waals surface area contributed by atoms with Crippen molar-refractivity contribution >= 4 is 21.6 Å². The molecule has 3 fully saturated rings. The van der Waals surface area contributed by atoms with E-state index in [1.54, 1.807) is 6.07 Å². The SMILES string of the molecule is N[C@H](C(=O)Nc1cccc(F)c1CC[C@H]1CNC2CCCS(=O)(=O)N1C2)C1(c2ccc(F)cc2)CCC(F)(F)CC1. The molecule has 41 heavy (non-hydrogen) atoms. The van der Waals surface area contributed by atoms with Crippen LogP contribution >= 0.6 is 0 Å². The molecule has 3 aliphatic rings. The summed E-state index contributed by atoms with van der Waals surface area (Å²) in [6.07, 6.45) is 0.789. The number of amides is 1. The smallest absolute Gasteiger partial charge is 0.248 e. The third kappa shape index (κ3) is 6.30. The third-order valence-corrected chi connectivity index (χ3v) is 11.0. The number of rotatable bonds is 7. The maximum absolute atomic E-state index is 15.1. The highest BCUT2D eigenvalue weighted by molar-refractivity contribution is 7.89. The van der Waals surface area contributed by atoms with Gasteiger partial charge in [-0.3, -0.25) is 4.79 Å². The van der Waals surface area contributed by atoms with Crippen molar-refractivity contribution in [1.29, 1.82) is 0 Å². The number of benzene rings is 2. The molecule has 2 bridgehead atoms. The first-order valence-corrected chi connectivity index (χ1v) is 15.7. The highest BCUT2D eigenvalue weighted by Gasteiger charge is 2.49. The molecule has 4 atom stereocenters. The van der Waals surface area contributed by atoms with Gasteiger partial charge in [-0.2, -0.15) is 4.31 Å². The molecule has 2 unspecified atom stereocenters. The van der Waals surface area contributed by atoms with Gasteiger partial charge in [0.1, 0.15) is 11.6 Å². The summed E-state index contributed by atoms with van der Waals surface area (Å²) < 4.78 is 84.2. The molecular formula is C29H36F4N4O3S. The lowest BCUT2D eigenvalue weighted by Crippen LogP contribution is -2.57. The van der Waals surface area contributed by atoms with E-state index in [4.69, 9.17) is 5.73 Å². The monoisotopic (exact) mass is 596 g/mol. The summed E-state index contributed by atoms with van der Waals surface area (Å²) in [7, 11) is -3.42. The zero-order chi connectivity index (χ0) is 29.4. The number of halogens is 4. The number of nitrogens with one attached hydrogen (secondary N) is 2. The van der Waals surface area contributed by atoms with Crippen LogP contribution in [0.2, 0.25) is 0 Å². The van der Waals surface area contributed by atoms with Crippen LogP contribution in [0.5, 0.6) is 0 Å². The van der Waals surface area contributed by atoms with Crippen molar-refractivity contribution in [2.45, 2.75) is 80.8 Å². The number of carbonyl (C=O) groups is 1. The molecule has 2 saturated heterocycles. The van der Waals surface area contributed by atoms with E-state index < -0.39 is 57.8 Å². The Bertz CT molecular complexity index is 1360. The van der Waals surface area contributed by atoms with Gasteiger partial charge in [0.25, 0.3) is 0 Å². The molecule has 2 aliphatic heterocycles. The minimum Gasteiger partial charge on any atom is -0.324 e. The Morgan fingerprint density at radius 2 is 1.80 bits per heavy atom. The summed E-state index contributed by atoms with van der Waals surface area (Å²) >= 11 is 0. The molecule has 0 aromatic heterocycles. The number of sulfonamides is 1. The van der Waals surface area contributed by atoms with Crippen LogP contribution < -0.4 is 16.4 Å². The molecule has 12 heteroatoms. The van der Waals surface area contributed by atoms with Gasteiger partial charge in [-0.1, -0.05) is 18.2 Å². The largest absolute Gasteiger partial charge is 0.324 e. The molecule has 1 aliphatic carbocycles. The van der Waals surface area contributed by atoms with E-state index in [9.17, 15) is 26.4 Å². The fourth-order valence-corrected chi connectivity index (χ4v) is 8.38. The maximum atomic E-state index is 15.1. The summed E-state index contributed by atoms with van der Waals surface area (Å²) in [5.41, 5.74) is 6.24. The van der Waals surface area contributed by atoms with Crippen LogP contribution in [0, 0.1) is 11.6 Å². The predicted molar refractivity (Wildman–Crippen MR) is 148 cm³/mol. The molecule has 2 aromatic carbocycles. The van der Waals surface area contributed by atoms with E-state index in [2.05, 4.69) is 10.6 Å². The summed E-state index contributed by atoms with van der Waals surface area (Å²) in [6, 6.07) is 8.11. The van der Waals surface area contributed by atoms with Gasteiger partial charge in [0, 0.05) is 54.7 Å². The Labute approximate surface area is 237 Å². The Hall–Kier alpha value is -2.54. The predicted octanol–water partition coefficient (Wildman–Crippen LogP) is 4.08. The first-order valence-electron chi connectivity index (χ1n) is 14.1. The van der Waals surface area contributed by atoms with E-state index in [0.29, 0.717) is 31.5 Å². The maximum Gasteiger partial charge on any atom is 0.248 e. The van der Waals surface area contributed by atoms with Crippen molar-refractivity contribution in [3.63, 3.8) is 0 Å². The van der Waals surface area contributed by atoms with Crippen molar-refractivity contribution in [3.05, 3.63) is 65.2 Å². The first-order chi connectivity index (χ1) is 19.4. The van der Waals surface area contributed by atoms with Gasteiger partial charge < -0.3 is 16.4 Å². The van der Waals surface area contributed by atoms with Crippen molar-refractivity contribution in [1.82, 2.24) is 9.62 Å². The van der Waals surface area contributed by atoms with Crippen LogP contribution in [0.25, 0.3) is 0 Å². The normalized spacial score (nSPS) is 27.4. The number of hydrogen-bond donors (Lipinski definition) is 3. The second kappa shape index (κ2) is 11.6. The van der Waals surface area contributed by atoms with Crippen LogP contribution in [0.1, 0.15) is 56.1 Å². The van der Waals surface area contributed by atoms with Gasteiger partial charge >= 0.3 is 0 Å². The first kappa shape index (κ1) is 29.9. The Morgan fingerprint density at radius 1 is 1.10 bits per heavy atom. The van der Waals surface area contributed by atoms with Gasteiger partial charge in [0.2, 0.25) is 21.9 Å². The molecule has 0 radical (unpaired) electrons. The number of nitrogens with zero attached hydrogens (tertiary/aromatic N) is 1. The lowest BCUT2D eigenvalue weighted by Gasteiger charge is -2.44. The molecule has 5 rings (SSSR count). The number of alkyl halides is 2. The van der Waals surface area contributed by atoms with Crippen molar-refractivity contribution in [3.8, 4) is 0 Å². The van der Waals surface area contributed by atoms with Crippen molar-refractivity contribution in [2.24, 2.45) is 5.73 Å². The average molecular weight is 597 g/mol. The zero-order valence-electron chi connectivity index (χ0n) is 22.7. The number of hydrogen-bond acceptors (Lipinski definition) is 5. The molecule has 0 spiro atoms. The quantitative estimate of drug-likeness (QED) is 0.418. The van der Waals surface area contributed by atoms with Crippen LogP contribution in [0.4, 0.5) is 23.2 Å². The minimum atomic E-state index is -3.42. The van der Waals surface area contributed by atoms with Gasteiger partial charge in [0.15, 0.2) is 0 Å². The van der Waals surface area contributed by atoms with Crippen LogP contribution in [0.15, 0.2) is 42.5 Å². The molecule has 224 valence electrons. The topological polar surface area (TPSA) is 105 Å². The molecule has 1 amide bonds. The molecule has 2 aromatic rings. The summed E-state index contributed by atoms with van der Waals surface area (Å²) in [5, 5.41) is 6.11. The molecule has 4 N–H and O–H groups in total. The zero-order valence-corrected chi connectivity index (χ0v) is 23.5. The lowest BCUT2D eigenvalue weighted by atomic mass is 9.64. The molecule has 1 saturated carbocycles. The second-order valence-corrected chi connectivity index (χ2v) is 13.6. The summed E-state index contributed by atoms with van der Waals surface area (Å²) in [6.45, 7) is 0.836. The van der Waals surface area contributed by atoms with Crippen LogP contribution in [-0.2, 0) is 26.7 Å². The summed E-state index contributed by atoms with van der Waals surface area (Å²) in [4.78, 5) is 13.5. The average Bonchev–Trinajstić information content (AvgIpc) is 3.05. The van der Waals surface area contributed by atoms with Gasteiger partial charge in [0.05, 0.1) is 11.8 Å². The van der Waals surface area contributed by atoms with Gasteiger partial charge in [-0.15, -0.1) is 0 Å². The lowest BCUT2D eigenvalue weighted by molar-refractivity contribution is -0.121. The molecule has 2 heterocycles. The molecular weight excluding hydrogens is 560 g/mol. The number of nitrogens with two attached hydrogens (primary N) is 1. The third-order valence-electron chi connectivity index (χ3n) is 9.04. The highest BCUT2D eigenvalue weighted by Crippen LogP contribution is 2.47. The Morgan fingerprint density at radius 3 is 2.51 bits per heavy atom. The van der Waals surface area contributed by atoms with Crippen LogP contribution in [-0.4, -0.2) is 61.5 Å². The standard InChI is InChI=1S/C29H36F4N4O3S/c30-20-8-6-19(7-9-20)28(12-14-29(32,33)15-13-28)26(34)27(38)36-25-5-1-4-24(31)23(25)11-10-22-17-35-21-3-2-16-41(39,40)37(22)18-21/h1,4-9,21-22,26,35H,2-3,10-18,34H2,(H,36,38)/t21?,22-,26+/m0/s1. The minimum absolute atomic E-state index is 0.0732. The highest BCUT2D eigenvalue weighted by atomic mass is 32.2.